The van der Waals surface area contributed by atoms with Gasteiger partial charge in [0.2, 0.25) is 0 Å². The summed E-state index contributed by atoms with van der Waals surface area (Å²) in [5.74, 6) is 0.0258. The molecule has 2 aliphatic rings. The lowest BCUT2D eigenvalue weighted by atomic mass is 9.65. The van der Waals surface area contributed by atoms with E-state index in [1.807, 2.05) is 17.0 Å². The molecular formula is C24H23FN2O. The number of benzene rings is 2. The quantitative estimate of drug-likeness (QED) is 0.599. The first-order valence-corrected chi connectivity index (χ1v) is 10.1. The number of hydrogen-bond donors (Lipinski definition) is 0. The van der Waals surface area contributed by atoms with E-state index in [0.29, 0.717) is 6.42 Å². The Morgan fingerprint density at radius 2 is 1.96 bits per heavy atom. The molecule has 5 rings (SSSR count). The second-order valence-corrected chi connectivity index (χ2v) is 8.03. The summed E-state index contributed by atoms with van der Waals surface area (Å²) in [5.41, 5.74) is 5.94. The number of rotatable bonds is 2. The molecule has 0 radical (unpaired) electrons. The van der Waals surface area contributed by atoms with Crippen LogP contribution in [0, 0.1) is 5.82 Å². The number of carbonyl (C=O) groups excluding carboxylic acids is 1. The third kappa shape index (κ3) is 2.55. The summed E-state index contributed by atoms with van der Waals surface area (Å²) in [6.07, 6.45) is 9.42. The minimum Gasteiger partial charge on any atom is -0.295 e. The molecule has 2 aromatic carbocycles. The Kier molecular flexibility index (Phi) is 3.97. The average Bonchev–Trinajstić information content (AvgIpc) is 3.04. The molecule has 3 aromatic rings. The molecule has 0 aliphatic heterocycles. The zero-order chi connectivity index (χ0) is 19.3. The van der Waals surface area contributed by atoms with Crippen LogP contribution in [0.5, 0.6) is 0 Å². The number of fused-ring (bicyclic) bond motifs is 4. The van der Waals surface area contributed by atoms with Crippen molar-refractivity contribution in [2.75, 3.05) is 0 Å². The third-order valence-electron chi connectivity index (χ3n) is 6.62. The molecule has 0 unspecified atom stereocenters. The van der Waals surface area contributed by atoms with Crippen LogP contribution in [-0.2, 0) is 16.6 Å². The molecule has 0 bridgehead atoms. The molecule has 3 nitrogen and oxygen atoms in total. The highest BCUT2D eigenvalue weighted by Gasteiger charge is 2.40. The number of allylic oxidation sites excluding steroid dienone is 2. The van der Waals surface area contributed by atoms with Crippen LogP contribution in [0.3, 0.4) is 0 Å². The Hall–Kier alpha value is -2.75. The van der Waals surface area contributed by atoms with Crippen molar-refractivity contribution in [3.05, 3.63) is 71.2 Å². The highest BCUT2D eigenvalue weighted by atomic mass is 19.1. The van der Waals surface area contributed by atoms with E-state index in [9.17, 15) is 9.18 Å². The van der Waals surface area contributed by atoms with Crippen molar-refractivity contribution in [2.45, 2.75) is 50.9 Å². The second-order valence-electron chi connectivity index (χ2n) is 8.03. The molecule has 0 amide bonds. The fourth-order valence-electron chi connectivity index (χ4n) is 5.14. The van der Waals surface area contributed by atoms with Gasteiger partial charge in [-0.05, 0) is 85.7 Å². The van der Waals surface area contributed by atoms with Gasteiger partial charge < -0.3 is 0 Å². The van der Waals surface area contributed by atoms with Crippen LogP contribution in [0.1, 0.15) is 50.2 Å². The predicted octanol–water partition coefficient (Wildman–Crippen LogP) is 5.44. The fraction of sp³-hybridized carbons (Fsp3) is 0.333. The van der Waals surface area contributed by atoms with Crippen molar-refractivity contribution >= 4 is 16.7 Å². The number of carbonyl (C=O) groups is 1. The van der Waals surface area contributed by atoms with Gasteiger partial charge in [0.25, 0.3) is 0 Å². The van der Waals surface area contributed by atoms with Crippen LogP contribution in [0.4, 0.5) is 4.39 Å². The number of halogens is 1. The van der Waals surface area contributed by atoms with Gasteiger partial charge in [0, 0.05) is 17.2 Å². The molecule has 1 aromatic heterocycles. The largest absolute Gasteiger partial charge is 0.295 e. The molecule has 28 heavy (non-hydrogen) atoms. The van der Waals surface area contributed by atoms with E-state index in [1.54, 1.807) is 12.1 Å². The van der Waals surface area contributed by atoms with Crippen LogP contribution in [0.2, 0.25) is 0 Å². The molecule has 0 N–H and O–H groups in total. The van der Waals surface area contributed by atoms with Crippen LogP contribution in [0.15, 0.2) is 54.2 Å². The lowest BCUT2D eigenvalue weighted by molar-refractivity contribution is -0.115. The summed E-state index contributed by atoms with van der Waals surface area (Å²) < 4.78 is 15.2. The molecule has 0 fully saturated rings. The first-order valence-electron chi connectivity index (χ1n) is 10.1. The van der Waals surface area contributed by atoms with Crippen molar-refractivity contribution in [2.24, 2.45) is 0 Å². The highest BCUT2D eigenvalue weighted by Crippen LogP contribution is 2.48. The van der Waals surface area contributed by atoms with E-state index in [2.05, 4.69) is 24.2 Å². The van der Waals surface area contributed by atoms with Crippen molar-refractivity contribution in [3.63, 3.8) is 0 Å². The normalized spacial score (nSPS) is 21.8. The molecule has 142 valence electrons. The van der Waals surface area contributed by atoms with Gasteiger partial charge in [-0.1, -0.05) is 12.5 Å². The average molecular weight is 374 g/mol. The molecular weight excluding hydrogens is 351 g/mol. The standard InChI is InChI=1S/C24H23FN2O/c1-2-24-11-10-21(28)14-18(24)5-3-4-16-13-23-17(12-22(16)24)15-26-27(23)20-8-6-19(25)7-9-20/h6-9,12-15H,2-5,10-11H2,1H3/t24-/m0/s1. The monoisotopic (exact) mass is 374 g/mol. The van der Waals surface area contributed by atoms with E-state index in [-0.39, 0.29) is 17.0 Å². The SMILES string of the molecule is CC[C@]12CCC(=O)C=C1CCCc1cc3c(cnn3-c3ccc(F)cc3)cc12. The van der Waals surface area contributed by atoms with Crippen LogP contribution >= 0.6 is 0 Å². The Balaban J connectivity index is 1.71. The maximum Gasteiger partial charge on any atom is 0.155 e. The Bertz CT molecular complexity index is 1110. The summed E-state index contributed by atoms with van der Waals surface area (Å²) in [4.78, 5) is 12.1. The van der Waals surface area contributed by atoms with E-state index in [0.717, 1.165) is 48.7 Å². The fourth-order valence-corrected chi connectivity index (χ4v) is 5.14. The number of nitrogens with zero attached hydrogens (tertiary/aromatic N) is 2. The van der Waals surface area contributed by atoms with Gasteiger partial charge >= 0.3 is 0 Å². The predicted molar refractivity (Wildman–Crippen MR) is 108 cm³/mol. The van der Waals surface area contributed by atoms with E-state index >= 15 is 0 Å². The maximum absolute atomic E-state index is 13.3. The van der Waals surface area contributed by atoms with Crippen molar-refractivity contribution in [3.8, 4) is 5.69 Å². The number of hydrogen-bond acceptors (Lipinski definition) is 2. The first kappa shape index (κ1) is 17.4. The summed E-state index contributed by atoms with van der Waals surface area (Å²) in [5, 5.41) is 5.67. The van der Waals surface area contributed by atoms with Gasteiger partial charge in [0.1, 0.15) is 5.82 Å². The minimum absolute atomic E-state index is 0.0219. The Labute approximate surface area is 163 Å². The molecule has 0 saturated carbocycles. The molecule has 1 heterocycles. The minimum atomic E-state index is -0.245. The van der Waals surface area contributed by atoms with Crippen LogP contribution in [0.25, 0.3) is 16.6 Å². The van der Waals surface area contributed by atoms with Gasteiger partial charge in [-0.2, -0.15) is 5.10 Å². The van der Waals surface area contributed by atoms with Crippen LogP contribution < -0.4 is 0 Å². The Morgan fingerprint density at radius 3 is 2.75 bits per heavy atom. The maximum atomic E-state index is 13.3. The van der Waals surface area contributed by atoms with Crippen molar-refractivity contribution in [1.29, 1.82) is 0 Å². The highest BCUT2D eigenvalue weighted by molar-refractivity contribution is 5.92. The van der Waals surface area contributed by atoms with Gasteiger partial charge in [0.05, 0.1) is 17.4 Å². The Morgan fingerprint density at radius 1 is 1.14 bits per heavy atom. The number of aryl methyl sites for hydroxylation is 1. The van der Waals surface area contributed by atoms with E-state index in [1.165, 1.54) is 28.8 Å². The molecule has 1 atom stereocenters. The topological polar surface area (TPSA) is 34.9 Å². The molecule has 0 spiro atoms. The lowest BCUT2D eigenvalue weighted by Gasteiger charge is -2.38. The summed E-state index contributed by atoms with van der Waals surface area (Å²) in [6.45, 7) is 2.24. The van der Waals surface area contributed by atoms with Gasteiger partial charge in [-0.25, -0.2) is 9.07 Å². The lowest BCUT2D eigenvalue weighted by Crippen LogP contribution is -2.32. The first-order chi connectivity index (χ1) is 13.6. The number of aromatic nitrogens is 2. The third-order valence-corrected chi connectivity index (χ3v) is 6.62. The molecule has 2 aliphatic carbocycles. The van der Waals surface area contributed by atoms with Crippen molar-refractivity contribution < 1.29 is 9.18 Å². The number of ketones is 1. The summed E-state index contributed by atoms with van der Waals surface area (Å²) in [7, 11) is 0. The van der Waals surface area contributed by atoms with E-state index in [4.69, 9.17) is 0 Å². The zero-order valence-corrected chi connectivity index (χ0v) is 16.0. The van der Waals surface area contributed by atoms with Crippen LogP contribution in [-0.4, -0.2) is 15.6 Å². The van der Waals surface area contributed by atoms with Gasteiger partial charge in [-0.15, -0.1) is 0 Å². The zero-order valence-electron chi connectivity index (χ0n) is 16.0. The van der Waals surface area contributed by atoms with Gasteiger partial charge in [0.15, 0.2) is 5.78 Å². The van der Waals surface area contributed by atoms with Crippen molar-refractivity contribution in [1.82, 2.24) is 9.78 Å². The molecule has 0 saturated heterocycles. The molecule has 4 heteroatoms. The second kappa shape index (κ2) is 6.40. The van der Waals surface area contributed by atoms with E-state index < -0.39 is 0 Å². The summed E-state index contributed by atoms with van der Waals surface area (Å²) >= 11 is 0. The smallest absolute Gasteiger partial charge is 0.155 e. The summed E-state index contributed by atoms with van der Waals surface area (Å²) in [6, 6.07) is 11.0. The van der Waals surface area contributed by atoms with Gasteiger partial charge in [-0.3, -0.25) is 4.79 Å².